The number of aromatic carboxylic acids is 1. The molecule has 1 heterocycles. The van der Waals surface area contributed by atoms with Gasteiger partial charge in [0, 0.05) is 29.9 Å². The van der Waals surface area contributed by atoms with Crippen LogP contribution in [0.5, 0.6) is 23.3 Å². The Kier molecular flexibility index (Phi) is 8.40. The van der Waals surface area contributed by atoms with Gasteiger partial charge in [-0.25, -0.2) is 13.6 Å². The Morgan fingerprint density at radius 2 is 1.58 bits per heavy atom. The number of amides is 1. The molecule has 0 saturated carbocycles. The van der Waals surface area contributed by atoms with Gasteiger partial charge in [0.15, 0.2) is 11.6 Å². The van der Waals surface area contributed by atoms with Crippen LogP contribution in [-0.2, 0) is 6.54 Å². The summed E-state index contributed by atoms with van der Waals surface area (Å²) in [7, 11) is 0. The van der Waals surface area contributed by atoms with Crippen LogP contribution in [0, 0.1) is 18.6 Å². The molecule has 4 aromatic carbocycles. The maximum atomic E-state index is 14.9. The van der Waals surface area contributed by atoms with E-state index >= 15 is 0 Å². The molecule has 5 rings (SSSR count). The van der Waals surface area contributed by atoms with Crippen LogP contribution in [0.4, 0.5) is 14.5 Å². The zero-order valence-electron chi connectivity index (χ0n) is 22.8. The van der Waals surface area contributed by atoms with Gasteiger partial charge in [-0.3, -0.25) is 4.79 Å². The molecule has 0 saturated heterocycles. The number of aryl methyl sites for hydroxylation is 1. The summed E-state index contributed by atoms with van der Waals surface area (Å²) in [5, 5.41) is 12.3. The van der Waals surface area contributed by atoms with Gasteiger partial charge in [0.05, 0.1) is 0 Å². The topological polar surface area (TPSA) is 124 Å². The molecule has 0 aliphatic rings. The Morgan fingerprint density at radius 1 is 0.837 bits per heavy atom. The van der Waals surface area contributed by atoms with Crippen molar-refractivity contribution in [3.8, 4) is 34.4 Å². The van der Waals surface area contributed by atoms with Crippen molar-refractivity contribution in [2.75, 3.05) is 5.32 Å². The van der Waals surface area contributed by atoms with Crippen LogP contribution in [0.2, 0.25) is 0 Å². The first-order chi connectivity index (χ1) is 20.7. The van der Waals surface area contributed by atoms with Crippen molar-refractivity contribution in [3.05, 3.63) is 131 Å². The lowest BCUT2D eigenvalue weighted by atomic mass is 10.0. The first kappa shape index (κ1) is 28.9. The van der Waals surface area contributed by atoms with E-state index < -0.39 is 29.4 Å². The molecule has 0 aliphatic carbocycles. The molecule has 0 unspecified atom stereocenters. The van der Waals surface area contributed by atoms with E-state index in [9.17, 15) is 23.5 Å². The van der Waals surface area contributed by atoms with Crippen molar-refractivity contribution in [3.63, 3.8) is 0 Å². The second kappa shape index (κ2) is 12.5. The van der Waals surface area contributed by atoms with Crippen LogP contribution in [0.25, 0.3) is 11.1 Å². The minimum absolute atomic E-state index is 0.0738. The van der Waals surface area contributed by atoms with Gasteiger partial charge in [-0.15, -0.1) is 0 Å². The molecule has 5 aromatic rings. The van der Waals surface area contributed by atoms with Gasteiger partial charge in [-0.1, -0.05) is 42.5 Å². The van der Waals surface area contributed by atoms with Gasteiger partial charge < -0.3 is 25.6 Å². The van der Waals surface area contributed by atoms with E-state index in [4.69, 9.17) is 15.2 Å². The lowest BCUT2D eigenvalue weighted by Crippen LogP contribution is -2.11. The molecule has 0 bridgehead atoms. The second-order valence-electron chi connectivity index (χ2n) is 9.54. The van der Waals surface area contributed by atoms with E-state index in [1.54, 1.807) is 55.5 Å². The number of anilines is 1. The van der Waals surface area contributed by atoms with E-state index in [0.717, 1.165) is 11.1 Å². The Bertz CT molecular complexity index is 1830. The highest BCUT2D eigenvalue weighted by Gasteiger charge is 2.20. The molecule has 10 heteroatoms. The first-order valence-corrected chi connectivity index (χ1v) is 13.1. The molecule has 0 aliphatic heterocycles. The minimum atomic E-state index is -1.30. The summed E-state index contributed by atoms with van der Waals surface area (Å²) in [6.07, 6.45) is 0. The number of nitrogens with one attached hydrogen (secondary N) is 1. The number of carbonyl (C=O) groups is 2. The maximum Gasteiger partial charge on any atom is 0.339 e. The number of aromatic nitrogens is 1. The molecular weight excluding hydrogens is 556 g/mol. The predicted molar refractivity (Wildman–Crippen MR) is 157 cm³/mol. The number of carboxylic acids is 1. The number of ether oxygens (including phenoxy) is 2. The average molecular weight is 582 g/mol. The summed E-state index contributed by atoms with van der Waals surface area (Å²) < 4.78 is 40.9. The number of nitrogens with two attached hydrogens (primary N) is 1. The number of nitrogens with zero attached hydrogens (tertiary/aromatic N) is 1. The third-order valence-corrected chi connectivity index (χ3v) is 6.35. The molecule has 43 heavy (non-hydrogen) atoms. The van der Waals surface area contributed by atoms with E-state index in [1.807, 2.05) is 24.3 Å². The summed E-state index contributed by atoms with van der Waals surface area (Å²) in [5.74, 6) is -5.39. The quantitative estimate of drug-likeness (QED) is 0.167. The summed E-state index contributed by atoms with van der Waals surface area (Å²) in [6.45, 7) is 2.01. The zero-order chi connectivity index (χ0) is 30.5. The Morgan fingerprint density at radius 3 is 2.30 bits per heavy atom. The predicted octanol–water partition coefficient (Wildman–Crippen LogP) is 7.33. The third-order valence-electron chi connectivity index (χ3n) is 6.35. The number of benzene rings is 4. The molecule has 1 aromatic heterocycles. The van der Waals surface area contributed by atoms with Crippen LogP contribution < -0.4 is 20.5 Å². The van der Waals surface area contributed by atoms with Crippen LogP contribution >= 0.6 is 0 Å². The summed E-state index contributed by atoms with van der Waals surface area (Å²) in [5.41, 5.74) is 9.22. The normalized spacial score (nSPS) is 10.7. The smallest absolute Gasteiger partial charge is 0.339 e. The van der Waals surface area contributed by atoms with Gasteiger partial charge in [0.1, 0.15) is 17.1 Å². The molecule has 0 radical (unpaired) electrons. The van der Waals surface area contributed by atoms with Crippen LogP contribution in [0.15, 0.2) is 97.1 Å². The highest BCUT2D eigenvalue weighted by molar-refractivity contribution is 6.04. The Labute approximate surface area is 245 Å². The van der Waals surface area contributed by atoms with Crippen molar-refractivity contribution in [2.45, 2.75) is 13.5 Å². The first-order valence-electron chi connectivity index (χ1n) is 13.1. The maximum absolute atomic E-state index is 14.9. The van der Waals surface area contributed by atoms with Crippen molar-refractivity contribution in [2.24, 2.45) is 5.73 Å². The SMILES string of the molecule is Cc1ccc(C(=O)O)c(Oc2nc(Oc3cc(NC(=O)c4ccccc4)cc(-c4cccc(CN)c4)c3)c(F)cc2F)c1. The van der Waals surface area contributed by atoms with E-state index in [1.165, 1.54) is 18.2 Å². The second-order valence-corrected chi connectivity index (χ2v) is 9.54. The largest absolute Gasteiger partial charge is 0.478 e. The van der Waals surface area contributed by atoms with Crippen molar-refractivity contribution in [1.29, 1.82) is 0 Å². The number of pyridine rings is 1. The summed E-state index contributed by atoms with van der Waals surface area (Å²) >= 11 is 0. The van der Waals surface area contributed by atoms with Gasteiger partial charge in [0.25, 0.3) is 17.7 Å². The molecule has 0 fully saturated rings. The standard InChI is InChI=1S/C33H25F2N3O5/c1-19-10-11-26(33(40)41)29(12-19)43-32-28(35)17-27(34)31(38-32)42-25-15-23(22-9-5-6-20(13-22)18-36)14-24(16-25)37-30(39)21-7-3-2-4-8-21/h2-17H,18,36H2,1H3,(H,37,39)(H,40,41). The fourth-order valence-corrected chi connectivity index (χ4v) is 4.25. The van der Waals surface area contributed by atoms with Gasteiger partial charge in [-0.05, 0) is 71.6 Å². The average Bonchev–Trinajstić information content (AvgIpc) is 2.99. The lowest BCUT2D eigenvalue weighted by Gasteiger charge is -2.14. The van der Waals surface area contributed by atoms with Crippen LogP contribution in [0.3, 0.4) is 0 Å². The molecule has 0 atom stereocenters. The summed E-state index contributed by atoms with van der Waals surface area (Å²) in [6, 6.07) is 25.5. The van der Waals surface area contributed by atoms with Crippen molar-refractivity contribution >= 4 is 17.6 Å². The number of hydrogen-bond donors (Lipinski definition) is 3. The molecule has 216 valence electrons. The van der Waals surface area contributed by atoms with Crippen LogP contribution in [0.1, 0.15) is 31.8 Å². The molecular formula is C33H25F2N3O5. The van der Waals surface area contributed by atoms with Gasteiger partial charge in [-0.2, -0.15) is 4.98 Å². The third kappa shape index (κ3) is 6.83. The fourth-order valence-electron chi connectivity index (χ4n) is 4.25. The Balaban J connectivity index is 1.53. The fraction of sp³-hybridized carbons (Fsp3) is 0.0606. The molecule has 0 spiro atoms. The number of carbonyl (C=O) groups excluding carboxylic acids is 1. The lowest BCUT2D eigenvalue weighted by molar-refractivity contribution is 0.0693. The van der Waals surface area contributed by atoms with Crippen molar-refractivity contribution in [1.82, 2.24) is 4.98 Å². The van der Waals surface area contributed by atoms with E-state index in [2.05, 4.69) is 10.3 Å². The number of rotatable bonds is 9. The minimum Gasteiger partial charge on any atom is -0.478 e. The number of hydrogen-bond acceptors (Lipinski definition) is 6. The monoisotopic (exact) mass is 581 g/mol. The highest BCUT2D eigenvalue weighted by Crippen LogP contribution is 2.35. The molecule has 1 amide bonds. The van der Waals surface area contributed by atoms with Gasteiger partial charge in [0.2, 0.25) is 0 Å². The molecule has 4 N–H and O–H groups in total. The molecule has 8 nitrogen and oxygen atoms in total. The number of halogens is 2. The van der Waals surface area contributed by atoms with Crippen molar-refractivity contribution < 1.29 is 33.0 Å². The van der Waals surface area contributed by atoms with E-state index in [0.29, 0.717) is 35.0 Å². The van der Waals surface area contributed by atoms with Crippen LogP contribution in [-0.4, -0.2) is 22.0 Å². The number of carboxylic acid groups (broad SMARTS) is 1. The Hall–Kier alpha value is -5.61. The zero-order valence-corrected chi connectivity index (χ0v) is 22.8. The van der Waals surface area contributed by atoms with E-state index in [-0.39, 0.29) is 23.0 Å². The summed E-state index contributed by atoms with van der Waals surface area (Å²) in [4.78, 5) is 28.4. The van der Waals surface area contributed by atoms with Gasteiger partial charge >= 0.3 is 5.97 Å². The highest BCUT2D eigenvalue weighted by atomic mass is 19.1.